The first-order valence-corrected chi connectivity index (χ1v) is 5.32. The first-order valence-electron chi connectivity index (χ1n) is 5.32. The van der Waals surface area contributed by atoms with Gasteiger partial charge in [0, 0.05) is 18.1 Å². The molecular weight excluding hydrogens is 164 g/mol. The normalized spacial score (nSPS) is 27.5. The lowest BCUT2D eigenvalue weighted by atomic mass is 10.1. The maximum Gasteiger partial charge on any atom is 0.0582 e. The van der Waals surface area contributed by atoms with E-state index in [0.29, 0.717) is 12.1 Å². The summed E-state index contributed by atoms with van der Waals surface area (Å²) in [6, 6.07) is 1.41. The van der Waals surface area contributed by atoms with Gasteiger partial charge in [-0.3, -0.25) is 0 Å². The molecule has 13 heavy (non-hydrogen) atoms. The molecule has 0 spiro atoms. The molecule has 0 amide bonds. The van der Waals surface area contributed by atoms with Crippen LogP contribution >= 0.6 is 0 Å². The molecule has 1 fully saturated rings. The number of rotatable bonds is 5. The average molecular weight is 186 g/mol. The minimum atomic E-state index is 0.219. The second-order valence-corrected chi connectivity index (χ2v) is 4.18. The zero-order valence-electron chi connectivity index (χ0n) is 8.71. The van der Waals surface area contributed by atoms with E-state index >= 15 is 0 Å². The topological polar surface area (TPSA) is 44.3 Å². The summed E-state index contributed by atoms with van der Waals surface area (Å²) >= 11 is 0. The highest BCUT2D eigenvalue weighted by molar-refractivity contribution is 4.79. The van der Waals surface area contributed by atoms with Gasteiger partial charge in [0.2, 0.25) is 0 Å². The molecule has 0 aromatic carbocycles. The molecule has 1 aliphatic rings. The lowest BCUT2D eigenvalue weighted by molar-refractivity contribution is 0.238. The molecule has 78 valence electrons. The predicted molar refractivity (Wildman–Crippen MR) is 54.8 cm³/mol. The third kappa shape index (κ3) is 4.07. The molecule has 3 nitrogen and oxygen atoms in total. The molecule has 0 aromatic rings. The molecule has 0 bridgehead atoms. The van der Waals surface area contributed by atoms with Crippen molar-refractivity contribution in [3.05, 3.63) is 0 Å². The van der Waals surface area contributed by atoms with Crippen molar-refractivity contribution in [1.29, 1.82) is 0 Å². The molecule has 3 N–H and O–H groups in total. The van der Waals surface area contributed by atoms with Crippen molar-refractivity contribution >= 4 is 0 Å². The lowest BCUT2D eigenvalue weighted by Gasteiger charge is -2.21. The molecule has 3 atom stereocenters. The monoisotopic (exact) mass is 186 g/mol. The van der Waals surface area contributed by atoms with Gasteiger partial charge < -0.3 is 15.7 Å². The molecule has 0 radical (unpaired) electrons. The molecule has 1 heterocycles. The Morgan fingerprint density at radius 2 is 2.23 bits per heavy atom. The molecule has 0 saturated carbocycles. The standard InChI is InChI=1S/C10H22N2O/c1-8(12-9(2)7-13)6-10-4-3-5-11-10/h8-13H,3-7H2,1-2H3. The smallest absolute Gasteiger partial charge is 0.0582 e. The average Bonchev–Trinajstić information content (AvgIpc) is 2.56. The summed E-state index contributed by atoms with van der Waals surface area (Å²) < 4.78 is 0. The highest BCUT2D eigenvalue weighted by atomic mass is 16.3. The maximum absolute atomic E-state index is 8.87. The third-order valence-electron chi connectivity index (χ3n) is 2.64. The largest absolute Gasteiger partial charge is 0.395 e. The molecular formula is C10H22N2O. The molecule has 1 aliphatic heterocycles. The molecule has 3 heteroatoms. The Bertz CT molecular complexity index is 135. The van der Waals surface area contributed by atoms with E-state index in [0.717, 1.165) is 0 Å². The minimum absolute atomic E-state index is 0.219. The number of nitrogens with one attached hydrogen (secondary N) is 2. The van der Waals surface area contributed by atoms with Crippen LogP contribution in [0.4, 0.5) is 0 Å². The Kier molecular flexibility index (Phi) is 4.70. The van der Waals surface area contributed by atoms with Crippen molar-refractivity contribution < 1.29 is 5.11 Å². The van der Waals surface area contributed by atoms with Crippen LogP contribution in [0.25, 0.3) is 0 Å². The van der Waals surface area contributed by atoms with Gasteiger partial charge in [-0.2, -0.15) is 0 Å². The fraction of sp³-hybridized carbons (Fsp3) is 1.00. The summed E-state index contributed by atoms with van der Waals surface area (Å²) in [5, 5.41) is 15.7. The van der Waals surface area contributed by atoms with Gasteiger partial charge in [-0.25, -0.2) is 0 Å². The van der Waals surface area contributed by atoms with Crippen LogP contribution in [0.2, 0.25) is 0 Å². The Morgan fingerprint density at radius 1 is 1.46 bits per heavy atom. The maximum atomic E-state index is 8.87. The molecule has 3 unspecified atom stereocenters. The van der Waals surface area contributed by atoms with Crippen molar-refractivity contribution in [3.8, 4) is 0 Å². The van der Waals surface area contributed by atoms with Crippen molar-refractivity contribution in [3.63, 3.8) is 0 Å². The van der Waals surface area contributed by atoms with Gasteiger partial charge in [-0.05, 0) is 39.7 Å². The zero-order chi connectivity index (χ0) is 9.68. The van der Waals surface area contributed by atoms with E-state index < -0.39 is 0 Å². The lowest BCUT2D eigenvalue weighted by Crippen LogP contribution is -2.40. The fourth-order valence-electron chi connectivity index (χ4n) is 1.99. The quantitative estimate of drug-likeness (QED) is 0.585. The van der Waals surface area contributed by atoms with E-state index in [1.54, 1.807) is 0 Å². The van der Waals surface area contributed by atoms with Gasteiger partial charge in [0.1, 0.15) is 0 Å². The number of aliphatic hydroxyl groups excluding tert-OH is 1. The van der Waals surface area contributed by atoms with Crippen molar-refractivity contribution in [1.82, 2.24) is 10.6 Å². The van der Waals surface area contributed by atoms with Crippen LogP contribution < -0.4 is 10.6 Å². The Morgan fingerprint density at radius 3 is 2.77 bits per heavy atom. The summed E-state index contributed by atoms with van der Waals surface area (Å²) in [5.74, 6) is 0. The summed E-state index contributed by atoms with van der Waals surface area (Å²) in [6.45, 7) is 5.60. The van der Waals surface area contributed by atoms with Crippen LogP contribution in [0.15, 0.2) is 0 Å². The first-order chi connectivity index (χ1) is 6.22. The number of hydrogen-bond donors (Lipinski definition) is 3. The number of aliphatic hydroxyl groups is 1. The van der Waals surface area contributed by atoms with E-state index in [1.165, 1.54) is 25.8 Å². The number of hydrogen-bond acceptors (Lipinski definition) is 3. The Hall–Kier alpha value is -0.120. The van der Waals surface area contributed by atoms with Crippen LogP contribution in [0.1, 0.15) is 33.1 Å². The van der Waals surface area contributed by atoms with E-state index in [-0.39, 0.29) is 12.6 Å². The summed E-state index contributed by atoms with van der Waals surface area (Å²) in [4.78, 5) is 0. The van der Waals surface area contributed by atoms with Crippen LogP contribution in [-0.2, 0) is 0 Å². The van der Waals surface area contributed by atoms with E-state index in [2.05, 4.69) is 17.6 Å². The molecule has 1 rings (SSSR count). The van der Waals surface area contributed by atoms with Crippen LogP contribution in [0.3, 0.4) is 0 Å². The second-order valence-electron chi connectivity index (χ2n) is 4.18. The van der Waals surface area contributed by atoms with Crippen LogP contribution in [-0.4, -0.2) is 36.4 Å². The molecule has 1 saturated heterocycles. The van der Waals surface area contributed by atoms with Gasteiger partial charge in [-0.1, -0.05) is 0 Å². The fourth-order valence-corrected chi connectivity index (χ4v) is 1.99. The Balaban J connectivity index is 2.12. The van der Waals surface area contributed by atoms with E-state index in [4.69, 9.17) is 5.11 Å². The van der Waals surface area contributed by atoms with Crippen LogP contribution in [0.5, 0.6) is 0 Å². The zero-order valence-corrected chi connectivity index (χ0v) is 8.71. The summed E-state index contributed by atoms with van der Waals surface area (Å²) in [5.41, 5.74) is 0. The van der Waals surface area contributed by atoms with Gasteiger partial charge in [0.25, 0.3) is 0 Å². The minimum Gasteiger partial charge on any atom is -0.395 e. The molecule has 0 aromatic heterocycles. The van der Waals surface area contributed by atoms with Gasteiger partial charge in [-0.15, -0.1) is 0 Å². The van der Waals surface area contributed by atoms with Crippen molar-refractivity contribution in [2.75, 3.05) is 13.2 Å². The van der Waals surface area contributed by atoms with Gasteiger partial charge in [0.15, 0.2) is 0 Å². The van der Waals surface area contributed by atoms with Gasteiger partial charge in [0.05, 0.1) is 6.61 Å². The van der Waals surface area contributed by atoms with Crippen LogP contribution in [0, 0.1) is 0 Å². The third-order valence-corrected chi connectivity index (χ3v) is 2.64. The highest BCUT2D eigenvalue weighted by Crippen LogP contribution is 2.10. The van der Waals surface area contributed by atoms with E-state index in [9.17, 15) is 0 Å². The second kappa shape index (κ2) is 5.58. The highest BCUT2D eigenvalue weighted by Gasteiger charge is 2.17. The van der Waals surface area contributed by atoms with Crippen molar-refractivity contribution in [2.45, 2.75) is 51.2 Å². The predicted octanol–water partition coefficient (Wildman–Crippen LogP) is 0.487. The summed E-state index contributed by atoms with van der Waals surface area (Å²) in [7, 11) is 0. The van der Waals surface area contributed by atoms with E-state index in [1.807, 2.05) is 6.92 Å². The van der Waals surface area contributed by atoms with Crippen molar-refractivity contribution in [2.24, 2.45) is 0 Å². The molecule has 0 aliphatic carbocycles. The van der Waals surface area contributed by atoms with Gasteiger partial charge >= 0.3 is 0 Å². The summed E-state index contributed by atoms with van der Waals surface area (Å²) in [6.07, 6.45) is 3.79. The Labute approximate surface area is 80.9 Å². The first kappa shape index (κ1) is 11.0. The SMILES string of the molecule is CC(CO)NC(C)CC1CCCN1.